The van der Waals surface area contributed by atoms with Gasteiger partial charge < -0.3 is 0 Å². The second-order valence-electron chi connectivity index (χ2n) is 3.72. The van der Waals surface area contributed by atoms with Crippen molar-refractivity contribution in [3.63, 3.8) is 0 Å². The second-order valence-corrected chi connectivity index (χ2v) is 6.87. The normalized spacial score (nSPS) is 10.4. The van der Waals surface area contributed by atoms with Gasteiger partial charge in [-0.1, -0.05) is 0 Å². The summed E-state index contributed by atoms with van der Waals surface area (Å²) in [6.45, 7) is 4.47. The molecule has 0 radical (unpaired) electrons. The minimum absolute atomic E-state index is 0.443. The third-order valence-corrected chi connectivity index (χ3v) is 5.51. The van der Waals surface area contributed by atoms with Crippen LogP contribution in [0.1, 0.15) is 19.4 Å². The van der Waals surface area contributed by atoms with Crippen LogP contribution in [0.3, 0.4) is 0 Å². The van der Waals surface area contributed by atoms with Crippen LogP contribution in [0.2, 0.25) is 5.32 Å². The van der Waals surface area contributed by atoms with Gasteiger partial charge in [0.2, 0.25) is 0 Å². The summed E-state index contributed by atoms with van der Waals surface area (Å²) in [6.07, 6.45) is 0. The number of benzene rings is 1. The first-order valence-corrected chi connectivity index (χ1v) is 7.42. The van der Waals surface area contributed by atoms with E-state index in [1.165, 1.54) is 10.9 Å². The van der Waals surface area contributed by atoms with E-state index in [0.717, 1.165) is 15.4 Å². The van der Waals surface area contributed by atoms with Crippen LogP contribution in [0.25, 0.3) is 0 Å². The van der Waals surface area contributed by atoms with E-state index in [9.17, 15) is 0 Å². The first-order valence-electron chi connectivity index (χ1n) is 4.94. The Balaban J connectivity index is 2.58. The number of thiocarbonyl (C=S) groups is 1. The van der Waals surface area contributed by atoms with Crippen molar-refractivity contribution in [2.45, 2.75) is 19.2 Å². The molecule has 1 aromatic rings. The van der Waals surface area contributed by atoms with Crippen molar-refractivity contribution in [2.24, 2.45) is 5.92 Å². The van der Waals surface area contributed by atoms with E-state index >= 15 is 0 Å². The molecule has 0 bridgehead atoms. The third kappa shape index (κ3) is 4.33. The van der Waals surface area contributed by atoms with Gasteiger partial charge in [0.05, 0.1) is 0 Å². The van der Waals surface area contributed by atoms with Gasteiger partial charge in [0.25, 0.3) is 0 Å². The maximum absolute atomic E-state index is 5.41. The quantitative estimate of drug-likeness (QED) is 0.608. The Kier molecular flexibility index (Phi) is 5.30. The predicted molar refractivity (Wildman–Crippen MR) is 70.1 cm³/mol. The Morgan fingerprint density at radius 3 is 2.40 bits per heavy atom. The fourth-order valence-electron chi connectivity index (χ4n) is 1.05. The molecule has 82 valence electrons. The fourth-order valence-corrected chi connectivity index (χ4v) is 3.19. The SMILES string of the molecule is COc1ccc(C(=S)[Se]CC(C)C)cc1. The standard InChI is InChI=1S/C12H16OSSe/c1-9(2)8-15-12(14)10-4-6-11(13-3)7-5-10/h4-7,9H,8H2,1-3H3. The van der Waals surface area contributed by atoms with Gasteiger partial charge >= 0.3 is 103 Å². The van der Waals surface area contributed by atoms with Gasteiger partial charge in [-0.2, -0.15) is 0 Å². The van der Waals surface area contributed by atoms with E-state index in [4.69, 9.17) is 17.0 Å². The van der Waals surface area contributed by atoms with Gasteiger partial charge in [0, 0.05) is 0 Å². The molecule has 0 amide bonds. The van der Waals surface area contributed by atoms with Gasteiger partial charge in [-0.25, -0.2) is 0 Å². The molecule has 0 unspecified atom stereocenters. The Labute approximate surface area is 103 Å². The number of hydrogen-bond acceptors (Lipinski definition) is 2. The van der Waals surface area contributed by atoms with E-state index < -0.39 is 0 Å². The van der Waals surface area contributed by atoms with Crippen molar-refractivity contribution in [3.05, 3.63) is 29.8 Å². The summed E-state index contributed by atoms with van der Waals surface area (Å²) in [5.41, 5.74) is 1.17. The van der Waals surface area contributed by atoms with E-state index in [0.29, 0.717) is 15.0 Å². The number of ether oxygens (including phenoxy) is 1. The molecule has 1 aromatic carbocycles. The first-order chi connectivity index (χ1) is 7.13. The topological polar surface area (TPSA) is 9.23 Å². The molecule has 0 spiro atoms. The van der Waals surface area contributed by atoms with Crippen LogP contribution < -0.4 is 4.74 Å². The summed E-state index contributed by atoms with van der Waals surface area (Å²) in [6, 6.07) is 8.02. The molecule has 1 rings (SSSR count). The van der Waals surface area contributed by atoms with Crippen molar-refractivity contribution < 1.29 is 4.74 Å². The molecule has 0 aromatic heterocycles. The monoisotopic (exact) mass is 288 g/mol. The molecule has 0 N–H and O–H groups in total. The van der Waals surface area contributed by atoms with Crippen LogP contribution in [0, 0.1) is 5.92 Å². The molecule has 1 nitrogen and oxygen atoms in total. The molecule has 0 saturated carbocycles. The molecule has 0 fully saturated rings. The summed E-state index contributed by atoms with van der Waals surface area (Å²) in [5, 5.41) is 1.22. The van der Waals surface area contributed by atoms with Crippen molar-refractivity contribution in [2.75, 3.05) is 7.11 Å². The average Bonchev–Trinajstić information content (AvgIpc) is 2.26. The summed E-state index contributed by atoms with van der Waals surface area (Å²) in [4.78, 5) is 0. The summed E-state index contributed by atoms with van der Waals surface area (Å²) in [7, 11) is 1.68. The van der Waals surface area contributed by atoms with Crippen molar-refractivity contribution in [3.8, 4) is 5.75 Å². The van der Waals surface area contributed by atoms with Crippen molar-refractivity contribution in [1.82, 2.24) is 0 Å². The van der Waals surface area contributed by atoms with E-state index in [-0.39, 0.29) is 0 Å². The first kappa shape index (κ1) is 12.7. The Morgan fingerprint density at radius 1 is 1.33 bits per heavy atom. The molecule has 0 aliphatic carbocycles. The number of methoxy groups -OCH3 is 1. The van der Waals surface area contributed by atoms with Gasteiger partial charge in [0.15, 0.2) is 0 Å². The minimum atomic E-state index is 0.443. The molecule has 0 aliphatic heterocycles. The summed E-state index contributed by atoms with van der Waals surface area (Å²) >= 11 is 5.85. The number of rotatable bonds is 5. The van der Waals surface area contributed by atoms with Crippen molar-refractivity contribution >= 4 is 30.9 Å². The van der Waals surface area contributed by atoms with E-state index in [1.54, 1.807) is 7.11 Å². The second kappa shape index (κ2) is 6.26. The van der Waals surface area contributed by atoms with E-state index in [2.05, 4.69) is 13.8 Å². The van der Waals surface area contributed by atoms with Crippen molar-refractivity contribution in [1.29, 1.82) is 0 Å². The van der Waals surface area contributed by atoms with Gasteiger partial charge in [-0.3, -0.25) is 0 Å². The Hall–Kier alpha value is -0.371. The average molecular weight is 287 g/mol. The molecular formula is C12H16OSSe. The predicted octanol–water partition coefficient (Wildman–Crippen LogP) is 3.15. The fraction of sp³-hybridized carbons (Fsp3) is 0.417. The third-order valence-electron chi connectivity index (χ3n) is 1.87. The number of hydrogen-bond donors (Lipinski definition) is 0. The molecule has 0 atom stereocenters. The molecule has 0 heterocycles. The zero-order chi connectivity index (χ0) is 11.3. The van der Waals surface area contributed by atoms with Gasteiger partial charge in [-0.15, -0.1) is 0 Å². The summed E-state index contributed by atoms with van der Waals surface area (Å²) in [5.74, 6) is 1.62. The Bertz CT molecular complexity index is 319. The van der Waals surface area contributed by atoms with Gasteiger partial charge in [0.1, 0.15) is 0 Å². The van der Waals surface area contributed by atoms with Crippen LogP contribution in [0.5, 0.6) is 5.75 Å². The molecule has 0 aliphatic rings. The zero-order valence-corrected chi connectivity index (χ0v) is 11.8. The molecular weight excluding hydrogens is 271 g/mol. The molecule has 15 heavy (non-hydrogen) atoms. The van der Waals surface area contributed by atoms with E-state index in [1.807, 2.05) is 24.3 Å². The zero-order valence-electron chi connectivity index (χ0n) is 9.32. The maximum atomic E-state index is 5.41. The Morgan fingerprint density at radius 2 is 1.93 bits per heavy atom. The summed E-state index contributed by atoms with van der Waals surface area (Å²) < 4.78 is 6.22. The van der Waals surface area contributed by atoms with Crippen LogP contribution >= 0.6 is 12.2 Å². The van der Waals surface area contributed by atoms with Gasteiger partial charge in [-0.05, 0) is 0 Å². The molecule has 3 heteroatoms. The van der Waals surface area contributed by atoms with Crippen LogP contribution in [0.4, 0.5) is 0 Å². The molecule has 0 saturated heterocycles. The van der Waals surface area contributed by atoms with Crippen LogP contribution in [-0.2, 0) is 0 Å². The van der Waals surface area contributed by atoms with Crippen LogP contribution in [-0.4, -0.2) is 25.8 Å². The van der Waals surface area contributed by atoms with Crippen LogP contribution in [0.15, 0.2) is 24.3 Å².